The van der Waals surface area contributed by atoms with Gasteiger partial charge in [0.25, 0.3) is 0 Å². The van der Waals surface area contributed by atoms with Crippen molar-refractivity contribution in [1.29, 1.82) is 0 Å². The standard InChI is InChI=1S/C15H20BrN3O2/c1-15(17,11-4-6-12(16)7-5-11)14(21)18-10-13(20)19-8-2-3-9-19/h4-7H,2-3,8-10,17H2,1H3,(H,18,21). The maximum absolute atomic E-state index is 12.3. The Labute approximate surface area is 133 Å². The maximum atomic E-state index is 12.3. The SMILES string of the molecule is CC(N)(C(=O)NCC(=O)N1CCCC1)c1ccc(Br)cc1. The number of likely N-dealkylation sites (tertiary alicyclic amines) is 1. The van der Waals surface area contributed by atoms with Gasteiger partial charge in [-0.15, -0.1) is 0 Å². The smallest absolute Gasteiger partial charge is 0.244 e. The van der Waals surface area contributed by atoms with Crippen molar-refractivity contribution >= 4 is 27.7 Å². The molecule has 6 heteroatoms. The van der Waals surface area contributed by atoms with Crippen LogP contribution in [0.3, 0.4) is 0 Å². The quantitative estimate of drug-likeness (QED) is 0.857. The molecule has 1 aromatic carbocycles. The molecular formula is C15H20BrN3O2. The van der Waals surface area contributed by atoms with E-state index in [1.165, 1.54) is 0 Å². The van der Waals surface area contributed by atoms with Gasteiger partial charge in [-0.2, -0.15) is 0 Å². The Kier molecular flexibility index (Phi) is 5.00. The lowest BCUT2D eigenvalue weighted by molar-refractivity contribution is -0.133. The number of nitrogens with one attached hydrogen (secondary N) is 1. The molecule has 2 rings (SSSR count). The fourth-order valence-electron chi connectivity index (χ4n) is 2.35. The third-order valence-corrected chi connectivity index (χ3v) is 4.30. The second-order valence-electron chi connectivity index (χ2n) is 5.48. The molecule has 1 heterocycles. The number of benzene rings is 1. The molecule has 1 aliphatic rings. The highest BCUT2D eigenvalue weighted by Crippen LogP contribution is 2.20. The van der Waals surface area contributed by atoms with Crippen LogP contribution in [0, 0.1) is 0 Å². The number of nitrogens with two attached hydrogens (primary N) is 1. The van der Waals surface area contributed by atoms with E-state index in [0.717, 1.165) is 30.4 Å². The van der Waals surface area contributed by atoms with Crippen LogP contribution < -0.4 is 11.1 Å². The molecule has 3 N–H and O–H groups in total. The van der Waals surface area contributed by atoms with Gasteiger partial charge in [0.15, 0.2) is 0 Å². The van der Waals surface area contributed by atoms with E-state index in [1.54, 1.807) is 24.0 Å². The summed E-state index contributed by atoms with van der Waals surface area (Å²) in [6.07, 6.45) is 2.07. The van der Waals surface area contributed by atoms with Crippen molar-refractivity contribution in [3.8, 4) is 0 Å². The second kappa shape index (κ2) is 6.58. The molecule has 2 amide bonds. The minimum Gasteiger partial charge on any atom is -0.345 e. The summed E-state index contributed by atoms with van der Waals surface area (Å²) in [6, 6.07) is 7.27. The van der Waals surface area contributed by atoms with Crippen LogP contribution in [-0.2, 0) is 15.1 Å². The molecule has 0 aliphatic carbocycles. The first-order chi connectivity index (χ1) is 9.91. The van der Waals surface area contributed by atoms with Gasteiger partial charge < -0.3 is 16.0 Å². The summed E-state index contributed by atoms with van der Waals surface area (Å²) < 4.78 is 0.923. The van der Waals surface area contributed by atoms with Crippen molar-refractivity contribution < 1.29 is 9.59 Å². The first-order valence-corrected chi connectivity index (χ1v) is 7.81. The summed E-state index contributed by atoms with van der Waals surface area (Å²) in [5.74, 6) is -0.398. The summed E-state index contributed by atoms with van der Waals surface area (Å²) in [7, 11) is 0. The molecule has 0 radical (unpaired) electrons. The Hall–Kier alpha value is -1.40. The van der Waals surface area contributed by atoms with Crippen LogP contribution in [0.4, 0.5) is 0 Å². The predicted octanol–water partition coefficient (Wildman–Crippen LogP) is 1.36. The Bertz CT molecular complexity index is 522. The van der Waals surface area contributed by atoms with Gasteiger partial charge in [-0.1, -0.05) is 28.1 Å². The van der Waals surface area contributed by atoms with Gasteiger partial charge in [0.2, 0.25) is 11.8 Å². The molecule has 1 saturated heterocycles. The first-order valence-electron chi connectivity index (χ1n) is 7.02. The van der Waals surface area contributed by atoms with E-state index < -0.39 is 5.54 Å². The molecule has 0 bridgehead atoms. The van der Waals surface area contributed by atoms with Gasteiger partial charge in [0.05, 0.1) is 6.54 Å². The topological polar surface area (TPSA) is 75.4 Å². The molecule has 1 fully saturated rings. The molecule has 0 spiro atoms. The van der Waals surface area contributed by atoms with Gasteiger partial charge >= 0.3 is 0 Å². The summed E-state index contributed by atoms with van der Waals surface area (Å²) in [6.45, 7) is 3.21. The van der Waals surface area contributed by atoms with Crippen LogP contribution in [0.15, 0.2) is 28.7 Å². The van der Waals surface area contributed by atoms with Crippen LogP contribution in [0.2, 0.25) is 0 Å². The number of hydrogen-bond acceptors (Lipinski definition) is 3. The van der Waals surface area contributed by atoms with E-state index in [9.17, 15) is 9.59 Å². The third kappa shape index (κ3) is 3.83. The van der Waals surface area contributed by atoms with E-state index in [4.69, 9.17) is 5.73 Å². The largest absolute Gasteiger partial charge is 0.345 e. The molecule has 0 aromatic heterocycles. The van der Waals surface area contributed by atoms with Gasteiger partial charge in [-0.3, -0.25) is 9.59 Å². The molecule has 1 atom stereocenters. The first kappa shape index (κ1) is 16.0. The van der Waals surface area contributed by atoms with E-state index in [0.29, 0.717) is 5.56 Å². The lowest BCUT2D eigenvalue weighted by atomic mass is 9.92. The average molecular weight is 354 g/mol. The van der Waals surface area contributed by atoms with Crippen molar-refractivity contribution in [3.63, 3.8) is 0 Å². The minimum atomic E-state index is -1.16. The third-order valence-electron chi connectivity index (χ3n) is 3.77. The fourth-order valence-corrected chi connectivity index (χ4v) is 2.61. The van der Waals surface area contributed by atoms with Crippen LogP contribution >= 0.6 is 15.9 Å². The highest BCUT2D eigenvalue weighted by atomic mass is 79.9. The Morgan fingerprint density at radius 3 is 2.43 bits per heavy atom. The molecule has 1 unspecified atom stereocenters. The molecule has 1 aromatic rings. The number of hydrogen-bond donors (Lipinski definition) is 2. The Balaban J connectivity index is 1.95. The van der Waals surface area contributed by atoms with E-state index in [2.05, 4.69) is 21.2 Å². The van der Waals surface area contributed by atoms with Crippen LogP contribution in [0.25, 0.3) is 0 Å². The molecule has 114 valence electrons. The fraction of sp³-hybridized carbons (Fsp3) is 0.467. The number of halogens is 1. The monoisotopic (exact) mass is 353 g/mol. The van der Waals surface area contributed by atoms with Crippen LogP contribution in [-0.4, -0.2) is 36.3 Å². The maximum Gasteiger partial charge on any atom is 0.244 e. The summed E-state index contributed by atoms with van der Waals surface area (Å²) in [5, 5.41) is 2.65. The molecular weight excluding hydrogens is 334 g/mol. The van der Waals surface area contributed by atoms with Crippen molar-refractivity contribution in [2.24, 2.45) is 5.73 Å². The van der Waals surface area contributed by atoms with E-state index in [1.807, 2.05) is 12.1 Å². The Morgan fingerprint density at radius 2 is 1.86 bits per heavy atom. The minimum absolute atomic E-state index is 0.00213. The summed E-state index contributed by atoms with van der Waals surface area (Å²) in [5.41, 5.74) is 5.66. The van der Waals surface area contributed by atoms with E-state index >= 15 is 0 Å². The van der Waals surface area contributed by atoms with Crippen molar-refractivity contribution in [3.05, 3.63) is 34.3 Å². The zero-order chi connectivity index (χ0) is 15.5. The van der Waals surface area contributed by atoms with Gasteiger partial charge in [0, 0.05) is 17.6 Å². The predicted molar refractivity (Wildman–Crippen MR) is 84.5 cm³/mol. The number of nitrogens with zero attached hydrogens (tertiary/aromatic N) is 1. The zero-order valence-electron chi connectivity index (χ0n) is 12.1. The van der Waals surface area contributed by atoms with Crippen molar-refractivity contribution in [2.75, 3.05) is 19.6 Å². The van der Waals surface area contributed by atoms with Crippen LogP contribution in [0.1, 0.15) is 25.3 Å². The van der Waals surface area contributed by atoms with Gasteiger partial charge in [0.1, 0.15) is 5.54 Å². The van der Waals surface area contributed by atoms with Crippen molar-refractivity contribution in [1.82, 2.24) is 10.2 Å². The van der Waals surface area contributed by atoms with Crippen LogP contribution in [0.5, 0.6) is 0 Å². The number of carbonyl (C=O) groups is 2. The number of carbonyl (C=O) groups excluding carboxylic acids is 2. The normalized spacial score (nSPS) is 17.4. The zero-order valence-corrected chi connectivity index (χ0v) is 13.6. The summed E-state index contributed by atoms with van der Waals surface area (Å²) in [4.78, 5) is 25.9. The number of rotatable bonds is 4. The highest BCUT2D eigenvalue weighted by Gasteiger charge is 2.31. The molecule has 0 saturated carbocycles. The lowest BCUT2D eigenvalue weighted by Crippen LogP contribution is -2.51. The van der Waals surface area contributed by atoms with Crippen molar-refractivity contribution in [2.45, 2.75) is 25.3 Å². The average Bonchev–Trinajstić information content (AvgIpc) is 2.99. The molecule has 5 nitrogen and oxygen atoms in total. The van der Waals surface area contributed by atoms with E-state index in [-0.39, 0.29) is 18.4 Å². The second-order valence-corrected chi connectivity index (χ2v) is 6.40. The molecule has 1 aliphatic heterocycles. The lowest BCUT2D eigenvalue weighted by Gasteiger charge is -2.25. The number of amides is 2. The summed E-state index contributed by atoms with van der Waals surface area (Å²) >= 11 is 3.35. The van der Waals surface area contributed by atoms with Gasteiger partial charge in [-0.25, -0.2) is 0 Å². The van der Waals surface area contributed by atoms with Gasteiger partial charge in [-0.05, 0) is 37.5 Å². The highest BCUT2D eigenvalue weighted by molar-refractivity contribution is 9.10. The molecule has 21 heavy (non-hydrogen) atoms. The Morgan fingerprint density at radius 1 is 1.29 bits per heavy atom.